The first-order valence-electron chi connectivity index (χ1n) is 14.9. The van der Waals surface area contributed by atoms with Crippen LogP contribution in [-0.2, 0) is 12.7 Å². The van der Waals surface area contributed by atoms with Crippen molar-refractivity contribution >= 4 is 33.7 Å². The van der Waals surface area contributed by atoms with Crippen LogP contribution in [0.3, 0.4) is 0 Å². The van der Waals surface area contributed by atoms with E-state index in [1.807, 2.05) is 30.3 Å². The molecule has 0 aliphatic heterocycles. The molecule has 13 nitrogen and oxygen atoms in total. The van der Waals surface area contributed by atoms with Gasteiger partial charge in [0.25, 0.3) is 0 Å². The average molecular weight is 725 g/mol. The standard InChI is InChI=1S/C31H29BrF3N11O2/c1-48-29-39-12-19(13-40-29)24-16-37-25(17-36-24)46(30(47)41-11-18-5-3-2-4-6-18)21-9-7-20(8-10-21)43-28-38-14-22(31(33,34)35)26(44-28)27-23(32)15-42-45-27/h2-6,12-17,20-21H,7-11H2,1H3,(H,41,47)(H,42,45)(H,38,43,44)/t20-,21-. The summed E-state index contributed by atoms with van der Waals surface area (Å²) in [6.45, 7) is 0.321. The number of methoxy groups -OCH3 is 1. The lowest BCUT2D eigenvalue weighted by Gasteiger charge is -2.36. The molecular weight excluding hydrogens is 695 g/mol. The molecule has 248 valence electrons. The van der Waals surface area contributed by atoms with Gasteiger partial charge in [-0.1, -0.05) is 30.3 Å². The Hall–Kier alpha value is -5.19. The van der Waals surface area contributed by atoms with Gasteiger partial charge in [0.2, 0.25) is 5.95 Å². The summed E-state index contributed by atoms with van der Waals surface area (Å²) in [6, 6.07) is 9.07. The summed E-state index contributed by atoms with van der Waals surface area (Å²) in [5.74, 6) is 0.424. The van der Waals surface area contributed by atoms with Gasteiger partial charge in [-0.25, -0.2) is 29.7 Å². The zero-order valence-electron chi connectivity index (χ0n) is 25.4. The molecule has 0 saturated heterocycles. The third-order valence-corrected chi connectivity index (χ3v) is 8.41. The number of halogens is 4. The number of urea groups is 1. The molecule has 1 aromatic carbocycles. The number of hydrogen-bond acceptors (Lipinski definition) is 10. The Morgan fingerprint density at radius 2 is 1.73 bits per heavy atom. The molecule has 0 bridgehead atoms. The minimum atomic E-state index is -4.67. The number of benzene rings is 1. The number of ether oxygens (including phenoxy) is 1. The SMILES string of the molecule is COc1ncc(-c2cnc(N(C(=O)NCc3ccccc3)[C@H]3CC[C@H](Nc4ncc(C(F)(F)F)c(-c5n[nH]cc5Br)n4)CC3)cn2)cn1. The number of aromatic nitrogens is 8. The van der Waals surface area contributed by atoms with Crippen LogP contribution < -0.4 is 20.3 Å². The highest BCUT2D eigenvalue weighted by molar-refractivity contribution is 9.10. The lowest BCUT2D eigenvalue weighted by atomic mass is 9.90. The molecule has 2 amide bonds. The summed E-state index contributed by atoms with van der Waals surface area (Å²) >= 11 is 3.22. The summed E-state index contributed by atoms with van der Waals surface area (Å²) in [5, 5.41) is 12.6. The van der Waals surface area contributed by atoms with E-state index in [0.717, 1.165) is 11.8 Å². The third-order valence-electron chi connectivity index (χ3n) is 7.80. The molecule has 5 aromatic rings. The smallest absolute Gasteiger partial charge is 0.420 e. The summed E-state index contributed by atoms with van der Waals surface area (Å²) in [7, 11) is 1.48. The van der Waals surface area contributed by atoms with Crippen molar-refractivity contribution in [1.29, 1.82) is 0 Å². The van der Waals surface area contributed by atoms with Gasteiger partial charge >= 0.3 is 18.2 Å². The number of H-pyrrole nitrogens is 1. The number of alkyl halides is 3. The number of nitrogens with one attached hydrogen (secondary N) is 3. The zero-order chi connectivity index (χ0) is 33.7. The zero-order valence-corrected chi connectivity index (χ0v) is 27.0. The minimum Gasteiger partial charge on any atom is -0.467 e. The number of nitrogens with zero attached hydrogens (tertiary/aromatic N) is 8. The molecule has 1 aliphatic carbocycles. The first kappa shape index (κ1) is 32.7. The van der Waals surface area contributed by atoms with E-state index in [1.54, 1.807) is 23.5 Å². The molecule has 48 heavy (non-hydrogen) atoms. The maximum Gasteiger partial charge on any atom is 0.420 e. The number of amides is 2. The highest BCUT2D eigenvalue weighted by atomic mass is 79.9. The van der Waals surface area contributed by atoms with Crippen molar-refractivity contribution in [1.82, 2.24) is 45.4 Å². The van der Waals surface area contributed by atoms with Crippen molar-refractivity contribution in [3.8, 4) is 28.7 Å². The lowest BCUT2D eigenvalue weighted by Crippen LogP contribution is -2.49. The Balaban J connectivity index is 1.18. The van der Waals surface area contributed by atoms with Gasteiger partial charge in [-0.15, -0.1) is 0 Å². The van der Waals surface area contributed by atoms with E-state index >= 15 is 0 Å². The molecule has 0 unspecified atom stereocenters. The van der Waals surface area contributed by atoms with E-state index in [0.29, 0.717) is 53.8 Å². The number of carbonyl (C=O) groups excluding carboxylic acids is 1. The first-order valence-corrected chi connectivity index (χ1v) is 15.7. The van der Waals surface area contributed by atoms with E-state index in [4.69, 9.17) is 4.74 Å². The maximum atomic E-state index is 13.8. The molecular formula is C31H29BrF3N11O2. The van der Waals surface area contributed by atoms with E-state index in [1.165, 1.54) is 19.5 Å². The van der Waals surface area contributed by atoms with Crippen molar-refractivity contribution in [3.05, 3.63) is 83.1 Å². The molecule has 4 aromatic heterocycles. The van der Waals surface area contributed by atoms with Crippen LogP contribution in [0.2, 0.25) is 0 Å². The minimum absolute atomic E-state index is 0.0280. The van der Waals surface area contributed by atoms with E-state index in [2.05, 4.69) is 66.7 Å². The van der Waals surface area contributed by atoms with Crippen molar-refractivity contribution in [3.63, 3.8) is 0 Å². The van der Waals surface area contributed by atoms with Crippen molar-refractivity contribution in [2.24, 2.45) is 0 Å². The van der Waals surface area contributed by atoms with Gasteiger partial charge in [-0.3, -0.25) is 15.0 Å². The van der Waals surface area contributed by atoms with Gasteiger partial charge in [-0.05, 0) is 47.2 Å². The van der Waals surface area contributed by atoms with Crippen LogP contribution in [0.4, 0.5) is 29.7 Å². The number of aromatic amines is 1. The van der Waals surface area contributed by atoms with E-state index in [9.17, 15) is 18.0 Å². The van der Waals surface area contributed by atoms with Crippen molar-refractivity contribution in [2.75, 3.05) is 17.3 Å². The van der Waals surface area contributed by atoms with E-state index in [-0.39, 0.29) is 41.5 Å². The number of carbonyl (C=O) groups is 1. The van der Waals surface area contributed by atoms with Gasteiger partial charge < -0.3 is 15.4 Å². The summed E-state index contributed by atoms with van der Waals surface area (Å²) in [6.07, 6.45) is 6.10. The second-order valence-electron chi connectivity index (χ2n) is 10.9. The monoisotopic (exact) mass is 723 g/mol. The number of hydrogen-bond donors (Lipinski definition) is 3. The van der Waals surface area contributed by atoms with Crippen LogP contribution in [0.25, 0.3) is 22.6 Å². The van der Waals surface area contributed by atoms with Crippen molar-refractivity contribution < 1.29 is 22.7 Å². The van der Waals surface area contributed by atoms with Gasteiger partial charge in [0.15, 0.2) is 5.82 Å². The Morgan fingerprint density at radius 1 is 0.979 bits per heavy atom. The van der Waals surface area contributed by atoms with Crippen LogP contribution >= 0.6 is 15.9 Å². The molecule has 1 fully saturated rings. The molecule has 6 rings (SSSR count). The predicted molar refractivity (Wildman–Crippen MR) is 173 cm³/mol. The molecule has 17 heteroatoms. The first-order chi connectivity index (χ1) is 23.2. The quantitative estimate of drug-likeness (QED) is 0.164. The van der Waals surface area contributed by atoms with Crippen LogP contribution in [0, 0.1) is 0 Å². The normalized spacial score (nSPS) is 16.3. The van der Waals surface area contributed by atoms with Gasteiger partial charge in [0.1, 0.15) is 17.0 Å². The largest absolute Gasteiger partial charge is 0.467 e. The Morgan fingerprint density at radius 3 is 2.35 bits per heavy atom. The highest BCUT2D eigenvalue weighted by Crippen LogP contribution is 2.38. The molecule has 1 saturated carbocycles. The second-order valence-corrected chi connectivity index (χ2v) is 11.8. The Kier molecular flexibility index (Phi) is 9.75. The second kappa shape index (κ2) is 14.3. The third kappa shape index (κ3) is 7.51. The molecule has 1 aliphatic rings. The topological polar surface area (TPSA) is 160 Å². The predicted octanol–water partition coefficient (Wildman–Crippen LogP) is 6.04. The fourth-order valence-corrected chi connectivity index (χ4v) is 5.78. The van der Waals surface area contributed by atoms with E-state index < -0.39 is 11.7 Å². The molecule has 0 atom stereocenters. The maximum absolute atomic E-state index is 13.8. The molecule has 4 heterocycles. The fraction of sp³-hybridized carbons (Fsp3) is 0.290. The number of rotatable bonds is 9. The summed E-state index contributed by atoms with van der Waals surface area (Å²) < 4.78 is 46.7. The summed E-state index contributed by atoms with van der Waals surface area (Å²) in [5.41, 5.74) is 0.795. The Bertz CT molecular complexity index is 1830. The van der Waals surface area contributed by atoms with Gasteiger partial charge in [0, 0.05) is 49.0 Å². The van der Waals surface area contributed by atoms with Gasteiger partial charge in [-0.2, -0.15) is 18.3 Å². The number of anilines is 2. The van der Waals surface area contributed by atoms with Crippen molar-refractivity contribution in [2.45, 2.75) is 50.5 Å². The summed E-state index contributed by atoms with van der Waals surface area (Å²) in [4.78, 5) is 40.8. The van der Waals surface area contributed by atoms with Crippen LogP contribution in [0.1, 0.15) is 36.8 Å². The molecule has 3 N–H and O–H groups in total. The highest BCUT2D eigenvalue weighted by Gasteiger charge is 2.37. The molecule has 0 spiro atoms. The van der Waals surface area contributed by atoms with Gasteiger partial charge in [0.05, 0.1) is 29.7 Å². The van der Waals surface area contributed by atoms with Crippen LogP contribution in [0.15, 0.2) is 72.0 Å². The fourth-order valence-electron chi connectivity index (χ4n) is 5.41. The molecule has 0 radical (unpaired) electrons. The van der Waals surface area contributed by atoms with Crippen LogP contribution in [-0.4, -0.2) is 65.3 Å². The Labute approximate surface area is 281 Å². The lowest BCUT2D eigenvalue weighted by molar-refractivity contribution is -0.137. The average Bonchev–Trinajstić information content (AvgIpc) is 3.54. The van der Waals surface area contributed by atoms with Crippen LogP contribution in [0.5, 0.6) is 6.01 Å².